The molecule has 5 rings (SSSR count). The minimum Gasteiger partial charge on any atom is -0.396 e. The molecule has 0 radical (unpaired) electrons. The van der Waals surface area contributed by atoms with E-state index in [1.807, 2.05) is 0 Å². The van der Waals surface area contributed by atoms with Gasteiger partial charge in [-0.3, -0.25) is 25.3 Å². The standard InChI is InChI=1S/C14H7ClFNO2.C14H10FN3O2.C4H10O.H2N2.H2/c15-13-8-7-12(17(18)19)9-11(13)6-5-10-3-1-2-4-14(10)16;15-12-4-2-1-3-9(12)7-14-11-8-10(18(19)20)5-6-13(11)16-17-14;1-2-3-4-5;1-2;/h1-4,7-9H;1-6,8H,7H2,(H,16,17);5H,2-4H2,1H3;1-2H;1H. The van der Waals surface area contributed by atoms with Gasteiger partial charge in [0.2, 0.25) is 0 Å². The van der Waals surface area contributed by atoms with Crippen molar-refractivity contribution in [2.24, 2.45) is 0 Å². The highest BCUT2D eigenvalue weighted by atomic mass is 35.5. The van der Waals surface area contributed by atoms with Crippen LogP contribution in [0.2, 0.25) is 5.02 Å². The molecule has 4 N–H and O–H groups in total. The molecule has 0 aliphatic heterocycles. The van der Waals surface area contributed by atoms with Crippen LogP contribution in [0.5, 0.6) is 0 Å². The largest absolute Gasteiger partial charge is 0.396 e. The number of nitro benzene ring substituents is 2. The van der Waals surface area contributed by atoms with E-state index in [-0.39, 0.29) is 29.2 Å². The average molecular weight is 653 g/mol. The summed E-state index contributed by atoms with van der Waals surface area (Å²) in [5, 5.41) is 37.3. The van der Waals surface area contributed by atoms with E-state index in [9.17, 15) is 29.0 Å². The van der Waals surface area contributed by atoms with Gasteiger partial charge in [0, 0.05) is 49.8 Å². The number of aromatic nitrogens is 2. The second-order valence-electron chi connectivity index (χ2n) is 9.16. The van der Waals surface area contributed by atoms with Crippen molar-refractivity contribution in [2.45, 2.75) is 26.2 Å². The van der Waals surface area contributed by atoms with Crippen LogP contribution in [0.3, 0.4) is 0 Å². The molecule has 11 nitrogen and oxygen atoms in total. The fourth-order valence-corrected chi connectivity index (χ4v) is 3.87. The molecule has 5 aromatic rings. The van der Waals surface area contributed by atoms with Crippen LogP contribution in [0.1, 0.15) is 43.6 Å². The van der Waals surface area contributed by atoms with Crippen LogP contribution in [-0.2, 0) is 6.42 Å². The fourth-order valence-electron chi connectivity index (χ4n) is 3.71. The van der Waals surface area contributed by atoms with Gasteiger partial charge in [-0.25, -0.2) is 19.8 Å². The number of benzene rings is 4. The number of fused-ring (bicyclic) bond motifs is 1. The lowest BCUT2D eigenvalue weighted by atomic mass is 10.1. The highest BCUT2D eigenvalue weighted by Gasteiger charge is 2.13. The Morgan fingerprint density at radius 3 is 2.07 bits per heavy atom. The molecular weight excluding hydrogens is 622 g/mol. The summed E-state index contributed by atoms with van der Waals surface area (Å²) < 4.78 is 27.0. The van der Waals surface area contributed by atoms with Crippen LogP contribution in [0.25, 0.3) is 10.9 Å². The summed E-state index contributed by atoms with van der Waals surface area (Å²) in [7, 11) is 0. The molecule has 14 heteroatoms. The molecule has 0 saturated heterocycles. The van der Waals surface area contributed by atoms with E-state index >= 15 is 0 Å². The maximum Gasteiger partial charge on any atom is 0.270 e. The SMILES string of the molecule is CCCCO.N=N.O=[N+]([O-])c1ccc(Cl)c(C#Cc2ccccc2F)c1.O=[N+]([O-])c1ccc2n[nH]c(Cc3ccccc3F)c2c1.[HH]. The molecule has 0 unspecified atom stereocenters. The molecule has 240 valence electrons. The van der Waals surface area contributed by atoms with Crippen molar-refractivity contribution in [3.8, 4) is 11.8 Å². The van der Waals surface area contributed by atoms with Crippen molar-refractivity contribution in [3.63, 3.8) is 0 Å². The molecule has 0 spiro atoms. The minimum absolute atomic E-state index is 0. The van der Waals surface area contributed by atoms with Crippen molar-refractivity contribution >= 4 is 33.9 Å². The lowest BCUT2D eigenvalue weighted by molar-refractivity contribution is -0.385. The number of rotatable bonds is 6. The van der Waals surface area contributed by atoms with Crippen molar-refractivity contribution in [3.05, 3.63) is 144 Å². The van der Waals surface area contributed by atoms with Gasteiger partial charge in [0.1, 0.15) is 11.6 Å². The van der Waals surface area contributed by atoms with Crippen LogP contribution >= 0.6 is 11.6 Å². The predicted octanol–water partition coefficient (Wildman–Crippen LogP) is 8.61. The number of nitro groups is 2. The van der Waals surface area contributed by atoms with Crippen LogP contribution < -0.4 is 0 Å². The summed E-state index contributed by atoms with van der Waals surface area (Å²) in [5.74, 6) is 4.49. The first-order valence-electron chi connectivity index (χ1n) is 13.6. The van der Waals surface area contributed by atoms with Gasteiger partial charge in [0.15, 0.2) is 0 Å². The molecule has 46 heavy (non-hydrogen) atoms. The molecule has 0 atom stereocenters. The maximum absolute atomic E-state index is 13.6. The van der Waals surface area contributed by atoms with Gasteiger partial charge in [0.25, 0.3) is 11.4 Å². The summed E-state index contributed by atoms with van der Waals surface area (Å²) in [6, 6.07) is 20.8. The van der Waals surface area contributed by atoms with Gasteiger partial charge in [-0.15, -0.1) is 0 Å². The Balaban J connectivity index is 0.000000387. The first-order valence-corrected chi connectivity index (χ1v) is 13.9. The highest BCUT2D eigenvalue weighted by molar-refractivity contribution is 6.31. The summed E-state index contributed by atoms with van der Waals surface area (Å²) >= 11 is 5.89. The van der Waals surface area contributed by atoms with Crippen LogP contribution in [0.15, 0.2) is 84.9 Å². The van der Waals surface area contributed by atoms with Crippen molar-refractivity contribution in [1.82, 2.24) is 10.2 Å². The van der Waals surface area contributed by atoms with Crippen LogP contribution in [0.4, 0.5) is 20.2 Å². The maximum atomic E-state index is 13.6. The fraction of sp³-hybridized carbons (Fsp3) is 0.156. The zero-order valence-electron chi connectivity index (χ0n) is 24.5. The average Bonchev–Trinajstić information content (AvgIpc) is 3.46. The van der Waals surface area contributed by atoms with Gasteiger partial charge in [0.05, 0.1) is 31.5 Å². The number of aliphatic hydroxyl groups is 1. The minimum atomic E-state index is -0.537. The molecular formula is C32H31ClF2N6O5. The Bertz CT molecular complexity index is 1850. The second-order valence-corrected chi connectivity index (χ2v) is 9.56. The van der Waals surface area contributed by atoms with E-state index in [4.69, 9.17) is 27.8 Å². The summed E-state index contributed by atoms with van der Waals surface area (Å²) in [6.45, 7) is 2.40. The number of nitrogens with zero attached hydrogens (tertiary/aromatic N) is 3. The Kier molecular flexibility index (Phi) is 15.1. The van der Waals surface area contributed by atoms with E-state index in [2.05, 4.69) is 29.0 Å². The lowest BCUT2D eigenvalue weighted by Gasteiger charge is -2.01. The molecule has 0 fully saturated rings. The van der Waals surface area contributed by atoms with Crippen molar-refractivity contribution in [1.29, 1.82) is 11.1 Å². The van der Waals surface area contributed by atoms with Crippen molar-refractivity contribution in [2.75, 3.05) is 6.61 Å². The van der Waals surface area contributed by atoms with Crippen molar-refractivity contribution < 1.29 is 25.2 Å². The second kappa shape index (κ2) is 18.9. The molecule has 0 aliphatic carbocycles. The number of unbranched alkanes of at least 4 members (excludes halogenated alkanes) is 1. The van der Waals surface area contributed by atoms with E-state index in [1.54, 1.807) is 36.4 Å². The van der Waals surface area contributed by atoms with E-state index in [1.165, 1.54) is 48.5 Å². The first kappa shape index (κ1) is 36.6. The van der Waals surface area contributed by atoms with Gasteiger partial charge >= 0.3 is 0 Å². The van der Waals surface area contributed by atoms with Gasteiger partial charge in [-0.2, -0.15) is 5.10 Å². The summed E-state index contributed by atoms with van der Waals surface area (Å²) in [5.41, 5.74) is 12.2. The predicted molar refractivity (Wildman–Crippen MR) is 172 cm³/mol. The number of halogens is 3. The van der Waals surface area contributed by atoms with Crippen LogP contribution in [-0.4, -0.2) is 31.8 Å². The molecule has 0 amide bonds. The molecule has 0 saturated carbocycles. The van der Waals surface area contributed by atoms with Crippen LogP contribution in [0, 0.1) is 54.8 Å². The zero-order chi connectivity index (χ0) is 34.1. The summed E-state index contributed by atoms with van der Waals surface area (Å²) in [6.07, 6.45) is 2.35. The monoisotopic (exact) mass is 652 g/mol. The molecule has 0 bridgehead atoms. The normalized spacial score (nSPS) is 9.67. The first-order chi connectivity index (χ1) is 22.1. The number of aliphatic hydroxyl groups excluding tert-OH is 1. The van der Waals surface area contributed by atoms with E-state index < -0.39 is 15.7 Å². The lowest BCUT2D eigenvalue weighted by Crippen LogP contribution is -1.93. The Hall–Kier alpha value is -5.58. The Morgan fingerprint density at radius 1 is 0.891 bits per heavy atom. The smallest absolute Gasteiger partial charge is 0.270 e. The van der Waals surface area contributed by atoms with E-state index in [0.717, 1.165) is 12.8 Å². The Labute approximate surface area is 268 Å². The quantitative estimate of drug-likeness (QED) is 0.0616. The third-order valence-corrected chi connectivity index (χ3v) is 6.36. The highest BCUT2D eigenvalue weighted by Crippen LogP contribution is 2.24. The van der Waals surface area contributed by atoms with Gasteiger partial charge in [-0.1, -0.05) is 67.1 Å². The van der Waals surface area contributed by atoms with Gasteiger partial charge < -0.3 is 5.11 Å². The number of hydrogen-bond donors (Lipinski definition) is 4. The number of non-ortho nitro benzene ring substituents is 2. The Morgan fingerprint density at radius 2 is 1.48 bits per heavy atom. The summed E-state index contributed by atoms with van der Waals surface area (Å²) in [4.78, 5) is 20.5. The number of H-pyrrole nitrogens is 1. The third-order valence-electron chi connectivity index (χ3n) is 6.03. The molecule has 1 aromatic heterocycles. The number of aromatic amines is 1. The number of nitrogens with one attached hydrogen (secondary N) is 3. The number of hydrogen-bond acceptors (Lipinski definition) is 8. The van der Waals surface area contributed by atoms with Gasteiger partial charge in [-0.05, 0) is 42.3 Å². The topological polar surface area (TPSA) is 183 Å². The third kappa shape index (κ3) is 10.8. The van der Waals surface area contributed by atoms with E-state index in [0.29, 0.717) is 40.8 Å². The molecule has 0 aliphatic rings. The molecule has 4 aromatic carbocycles. The zero-order valence-corrected chi connectivity index (χ0v) is 25.2. The molecule has 1 heterocycles.